The highest BCUT2D eigenvalue weighted by Crippen LogP contribution is 2.36. The van der Waals surface area contributed by atoms with Crippen molar-refractivity contribution in [3.63, 3.8) is 0 Å². The second-order valence-corrected chi connectivity index (χ2v) is 7.21. The summed E-state index contributed by atoms with van der Waals surface area (Å²) in [7, 11) is 0. The zero-order valence-electron chi connectivity index (χ0n) is 14.6. The summed E-state index contributed by atoms with van der Waals surface area (Å²) in [5, 5.41) is 15.3. The van der Waals surface area contributed by atoms with Gasteiger partial charge < -0.3 is 10.4 Å². The van der Waals surface area contributed by atoms with Crippen molar-refractivity contribution in [1.29, 1.82) is 0 Å². The predicted octanol–water partition coefficient (Wildman–Crippen LogP) is 4.34. The summed E-state index contributed by atoms with van der Waals surface area (Å²) in [6.45, 7) is 4.03. The Balaban J connectivity index is 1.76. The van der Waals surface area contributed by atoms with E-state index in [-0.39, 0.29) is 5.92 Å². The summed E-state index contributed by atoms with van der Waals surface area (Å²) >= 11 is 0. The van der Waals surface area contributed by atoms with Gasteiger partial charge in [-0.15, -0.1) is 0 Å². The molecule has 2 nitrogen and oxygen atoms in total. The lowest BCUT2D eigenvalue weighted by molar-refractivity contribution is 0.0238. The fraction of sp³-hybridized carbons (Fsp3) is 0.455. The molecule has 0 bridgehead atoms. The van der Waals surface area contributed by atoms with E-state index in [1.54, 1.807) is 0 Å². The molecule has 0 heterocycles. The van der Waals surface area contributed by atoms with Gasteiger partial charge in [-0.3, -0.25) is 0 Å². The molecule has 0 spiro atoms. The molecule has 0 radical (unpaired) electrons. The molecule has 2 heteroatoms. The number of nitrogens with one attached hydrogen (secondary N) is 1. The van der Waals surface area contributed by atoms with Gasteiger partial charge in [-0.25, -0.2) is 0 Å². The lowest BCUT2D eigenvalue weighted by Gasteiger charge is -2.36. The first kappa shape index (κ1) is 17.2. The van der Waals surface area contributed by atoms with E-state index in [0.29, 0.717) is 0 Å². The number of rotatable bonds is 7. The molecule has 0 saturated heterocycles. The largest absolute Gasteiger partial charge is 0.380 e. The molecule has 1 saturated carbocycles. The van der Waals surface area contributed by atoms with Crippen molar-refractivity contribution in [3.05, 3.63) is 71.8 Å². The van der Waals surface area contributed by atoms with E-state index in [1.807, 2.05) is 60.7 Å². The number of hydrogen-bond donors (Lipinski definition) is 2. The van der Waals surface area contributed by atoms with Crippen LogP contribution in [0.2, 0.25) is 0 Å². The van der Waals surface area contributed by atoms with Gasteiger partial charge in [0, 0.05) is 12.5 Å². The van der Waals surface area contributed by atoms with Crippen molar-refractivity contribution in [2.45, 2.75) is 38.2 Å². The van der Waals surface area contributed by atoms with Crippen LogP contribution in [0.3, 0.4) is 0 Å². The molecule has 2 aromatic rings. The minimum Gasteiger partial charge on any atom is -0.380 e. The lowest BCUT2D eigenvalue weighted by Crippen LogP contribution is -2.41. The summed E-state index contributed by atoms with van der Waals surface area (Å²) < 4.78 is 0. The summed E-state index contributed by atoms with van der Waals surface area (Å²) in [4.78, 5) is 0. The number of hydrogen-bond acceptors (Lipinski definition) is 2. The highest BCUT2D eigenvalue weighted by Gasteiger charge is 2.37. The van der Waals surface area contributed by atoms with Gasteiger partial charge in [0.1, 0.15) is 5.60 Å². The third-order valence-electron chi connectivity index (χ3n) is 5.50. The van der Waals surface area contributed by atoms with Crippen LogP contribution in [-0.2, 0) is 5.60 Å². The Morgan fingerprint density at radius 1 is 0.958 bits per heavy atom. The molecule has 1 unspecified atom stereocenters. The van der Waals surface area contributed by atoms with E-state index in [0.717, 1.165) is 30.1 Å². The Bertz CT molecular complexity index is 565. The van der Waals surface area contributed by atoms with Gasteiger partial charge in [0.05, 0.1) is 0 Å². The normalized spacial score (nSPS) is 17.1. The summed E-state index contributed by atoms with van der Waals surface area (Å²) in [5.41, 5.74) is 0.961. The molecule has 24 heavy (non-hydrogen) atoms. The third kappa shape index (κ3) is 3.71. The fourth-order valence-electron chi connectivity index (χ4n) is 3.99. The molecule has 3 rings (SSSR count). The van der Waals surface area contributed by atoms with Crippen LogP contribution in [0.5, 0.6) is 0 Å². The number of benzene rings is 2. The minimum absolute atomic E-state index is 0.0868. The fourth-order valence-corrected chi connectivity index (χ4v) is 3.99. The maximum absolute atomic E-state index is 11.7. The SMILES string of the molecule is CC(CNCC1CCCC1)C(O)(c1ccccc1)c1ccccc1. The van der Waals surface area contributed by atoms with Crippen molar-refractivity contribution in [3.8, 4) is 0 Å². The zero-order valence-corrected chi connectivity index (χ0v) is 14.6. The molecule has 0 aromatic heterocycles. The van der Waals surface area contributed by atoms with Crippen LogP contribution in [0.25, 0.3) is 0 Å². The van der Waals surface area contributed by atoms with Crippen LogP contribution in [0.15, 0.2) is 60.7 Å². The Morgan fingerprint density at radius 2 is 1.46 bits per heavy atom. The average molecular weight is 323 g/mol. The van der Waals surface area contributed by atoms with Crippen LogP contribution in [0.1, 0.15) is 43.7 Å². The molecular formula is C22H29NO. The topological polar surface area (TPSA) is 32.3 Å². The van der Waals surface area contributed by atoms with E-state index in [9.17, 15) is 5.11 Å². The van der Waals surface area contributed by atoms with Crippen molar-refractivity contribution in [1.82, 2.24) is 5.32 Å². The van der Waals surface area contributed by atoms with E-state index in [4.69, 9.17) is 0 Å². The zero-order chi connectivity index (χ0) is 16.8. The van der Waals surface area contributed by atoms with Crippen LogP contribution < -0.4 is 5.32 Å². The van der Waals surface area contributed by atoms with Gasteiger partial charge in [0.2, 0.25) is 0 Å². The van der Waals surface area contributed by atoms with Gasteiger partial charge in [-0.05, 0) is 36.4 Å². The molecule has 1 aliphatic rings. The summed E-state index contributed by atoms with van der Waals surface area (Å²) in [5.74, 6) is 0.905. The maximum atomic E-state index is 11.7. The van der Waals surface area contributed by atoms with E-state index >= 15 is 0 Å². The Hall–Kier alpha value is -1.64. The van der Waals surface area contributed by atoms with Gasteiger partial charge >= 0.3 is 0 Å². The monoisotopic (exact) mass is 323 g/mol. The van der Waals surface area contributed by atoms with Crippen molar-refractivity contribution in [2.24, 2.45) is 11.8 Å². The molecule has 1 atom stereocenters. The molecule has 128 valence electrons. The first-order chi connectivity index (χ1) is 11.7. The lowest BCUT2D eigenvalue weighted by atomic mass is 9.77. The first-order valence-corrected chi connectivity index (χ1v) is 9.25. The van der Waals surface area contributed by atoms with Crippen molar-refractivity contribution in [2.75, 3.05) is 13.1 Å². The second-order valence-electron chi connectivity index (χ2n) is 7.21. The van der Waals surface area contributed by atoms with Crippen molar-refractivity contribution >= 4 is 0 Å². The second kappa shape index (κ2) is 7.96. The molecule has 0 amide bonds. The molecule has 1 aliphatic carbocycles. The van der Waals surface area contributed by atoms with Crippen molar-refractivity contribution < 1.29 is 5.11 Å². The van der Waals surface area contributed by atoms with Gasteiger partial charge in [-0.1, -0.05) is 80.4 Å². The van der Waals surface area contributed by atoms with Gasteiger partial charge in [0.15, 0.2) is 0 Å². The quantitative estimate of drug-likeness (QED) is 0.794. The van der Waals surface area contributed by atoms with Gasteiger partial charge in [-0.2, -0.15) is 0 Å². The van der Waals surface area contributed by atoms with Crippen LogP contribution in [0.4, 0.5) is 0 Å². The van der Waals surface area contributed by atoms with Crippen LogP contribution in [0, 0.1) is 11.8 Å². The maximum Gasteiger partial charge on any atom is 0.118 e. The molecule has 1 fully saturated rings. The summed E-state index contributed by atoms with van der Waals surface area (Å²) in [6.07, 6.45) is 5.45. The molecule has 0 aliphatic heterocycles. The van der Waals surface area contributed by atoms with Gasteiger partial charge in [0.25, 0.3) is 0 Å². The van der Waals surface area contributed by atoms with Crippen LogP contribution in [-0.4, -0.2) is 18.2 Å². The molecular weight excluding hydrogens is 294 g/mol. The Kier molecular flexibility index (Phi) is 5.70. The third-order valence-corrected chi connectivity index (χ3v) is 5.50. The number of aliphatic hydroxyl groups is 1. The smallest absolute Gasteiger partial charge is 0.118 e. The predicted molar refractivity (Wildman–Crippen MR) is 99.9 cm³/mol. The van der Waals surface area contributed by atoms with E-state index in [1.165, 1.54) is 25.7 Å². The molecule has 2 aromatic carbocycles. The highest BCUT2D eigenvalue weighted by molar-refractivity contribution is 5.36. The first-order valence-electron chi connectivity index (χ1n) is 9.25. The minimum atomic E-state index is -0.967. The van der Waals surface area contributed by atoms with E-state index in [2.05, 4.69) is 12.2 Å². The Labute approximate surface area is 145 Å². The Morgan fingerprint density at radius 3 is 1.96 bits per heavy atom. The van der Waals surface area contributed by atoms with Crippen LogP contribution >= 0.6 is 0 Å². The average Bonchev–Trinajstić information content (AvgIpc) is 3.16. The summed E-state index contributed by atoms with van der Waals surface area (Å²) in [6, 6.07) is 20.1. The standard InChI is InChI=1S/C22H29NO/c1-18(16-23-17-19-10-8-9-11-19)22(24,20-12-4-2-5-13-20)21-14-6-3-7-15-21/h2-7,12-15,18-19,23-24H,8-11,16-17H2,1H3. The highest BCUT2D eigenvalue weighted by atomic mass is 16.3. The molecule has 2 N–H and O–H groups in total. The van der Waals surface area contributed by atoms with E-state index < -0.39 is 5.60 Å².